The van der Waals surface area contributed by atoms with Crippen molar-refractivity contribution in [3.63, 3.8) is 0 Å². The number of halogens is 6. The molecule has 1 saturated carbocycles. The molecule has 5 rings (SSSR count). The number of alkyl halides is 6. The Labute approximate surface area is 212 Å². The van der Waals surface area contributed by atoms with Gasteiger partial charge in [-0.1, -0.05) is 0 Å². The maximum Gasteiger partial charge on any atom is 0.423 e. The van der Waals surface area contributed by atoms with E-state index in [2.05, 4.69) is 20.4 Å². The summed E-state index contributed by atoms with van der Waals surface area (Å²) in [4.78, 5) is 37.7. The summed E-state index contributed by atoms with van der Waals surface area (Å²) >= 11 is 0. The molecule has 0 atom stereocenters. The highest BCUT2D eigenvalue weighted by atomic mass is 19.4. The van der Waals surface area contributed by atoms with E-state index in [0.29, 0.717) is 58.7 Å². The molecule has 16 heteroatoms. The Morgan fingerprint density at radius 2 is 1.63 bits per heavy atom. The Bertz CT molecular complexity index is 1230. The zero-order chi connectivity index (χ0) is 27.3. The van der Waals surface area contributed by atoms with Gasteiger partial charge >= 0.3 is 12.4 Å². The van der Waals surface area contributed by atoms with Crippen LogP contribution in [-0.2, 0) is 17.1 Å². The van der Waals surface area contributed by atoms with E-state index < -0.39 is 34.6 Å². The number of rotatable bonds is 6. The number of hydrogen-bond acceptors (Lipinski definition) is 8. The fourth-order valence-corrected chi connectivity index (χ4v) is 4.83. The molecule has 38 heavy (non-hydrogen) atoms. The minimum atomic E-state index is -4.83. The molecule has 206 valence electrons. The van der Waals surface area contributed by atoms with Crippen molar-refractivity contribution in [2.45, 2.75) is 30.7 Å². The lowest BCUT2D eigenvalue weighted by Crippen LogP contribution is -2.59. The number of nitrogens with zero attached hydrogens (tertiary/aromatic N) is 6. The van der Waals surface area contributed by atoms with Gasteiger partial charge in [-0.3, -0.25) is 14.5 Å². The largest absolute Gasteiger partial charge is 0.423 e. The van der Waals surface area contributed by atoms with Crippen molar-refractivity contribution in [2.24, 2.45) is 5.92 Å². The quantitative estimate of drug-likeness (QED) is 0.529. The van der Waals surface area contributed by atoms with Gasteiger partial charge in [-0.15, -0.1) is 0 Å². The fourth-order valence-electron chi connectivity index (χ4n) is 4.83. The van der Waals surface area contributed by atoms with Crippen molar-refractivity contribution < 1.29 is 31.1 Å². The van der Waals surface area contributed by atoms with Crippen LogP contribution in [0.2, 0.25) is 0 Å². The zero-order valence-electron chi connectivity index (χ0n) is 19.9. The highest BCUT2D eigenvalue weighted by molar-refractivity contribution is 5.80. The van der Waals surface area contributed by atoms with Crippen LogP contribution in [-0.4, -0.2) is 87.2 Å². The molecule has 1 aliphatic carbocycles. The number of anilines is 2. The molecule has 3 aliphatic rings. The molecule has 3 fully saturated rings. The second kappa shape index (κ2) is 9.39. The number of nitrogens with one attached hydrogen (secondary N) is 2. The molecule has 4 heterocycles. The standard InChI is InChI=1S/C22H24F6N8O2/c23-21(24,25)14-7-29-19(30-8-14)36-5-3-35(4-6-36)18(38)13-10-34(11-13)12-20(1-2-20)32-15-9-31-33-17(37)16(15)22(26,27)28/h7-9,13H,1-6,10-12H2,(H2,32,33,37). The summed E-state index contributed by atoms with van der Waals surface area (Å²) in [6, 6.07) is 0. The molecular weight excluding hydrogens is 522 g/mol. The number of carbonyl (C=O) groups is 1. The number of piperazine rings is 1. The van der Waals surface area contributed by atoms with Gasteiger partial charge in [0.15, 0.2) is 0 Å². The molecule has 10 nitrogen and oxygen atoms in total. The summed E-state index contributed by atoms with van der Waals surface area (Å²) in [6.07, 6.45) is -5.66. The number of aromatic nitrogens is 4. The number of likely N-dealkylation sites (tertiary alicyclic amines) is 1. The van der Waals surface area contributed by atoms with E-state index in [1.54, 1.807) is 9.80 Å². The molecule has 2 aliphatic heterocycles. The fraction of sp³-hybridized carbons (Fsp3) is 0.591. The molecule has 2 saturated heterocycles. The minimum absolute atomic E-state index is 0.0369. The average molecular weight is 546 g/mol. The van der Waals surface area contributed by atoms with Crippen molar-refractivity contribution in [1.82, 2.24) is 30.0 Å². The molecule has 0 bridgehead atoms. The van der Waals surface area contributed by atoms with Gasteiger partial charge in [0.1, 0.15) is 5.56 Å². The average Bonchev–Trinajstić information content (AvgIpc) is 3.58. The predicted molar refractivity (Wildman–Crippen MR) is 121 cm³/mol. The minimum Gasteiger partial charge on any atom is -0.376 e. The lowest BCUT2D eigenvalue weighted by Gasteiger charge is -2.44. The van der Waals surface area contributed by atoms with Crippen LogP contribution < -0.4 is 15.8 Å². The third-order valence-corrected chi connectivity index (χ3v) is 7.07. The Balaban J connectivity index is 1.10. The van der Waals surface area contributed by atoms with Crippen LogP contribution in [0.1, 0.15) is 24.0 Å². The summed E-state index contributed by atoms with van der Waals surface area (Å²) in [5.41, 5.74) is -4.52. The van der Waals surface area contributed by atoms with Crippen molar-refractivity contribution in [2.75, 3.05) is 56.0 Å². The Morgan fingerprint density at radius 1 is 1.00 bits per heavy atom. The van der Waals surface area contributed by atoms with E-state index in [-0.39, 0.29) is 23.5 Å². The molecular formula is C22H24F6N8O2. The Kier molecular flexibility index (Phi) is 6.47. The topological polar surface area (TPSA) is 110 Å². The molecule has 0 radical (unpaired) electrons. The van der Waals surface area contributed by atoms with Gasteiger partial charge in [0.2, 0.25) is 11.9 Å². The van der Waals surface area contributed by atoms with E-state index >= 15 is 0 Å². The summed E-state index contributed by atoms with van der Waals surface area (Å²) in [5, 5.41) is 8.17. The van der Waals surface area contributed by atoms with Gasteiger partial charge in [-0.2, -0.15) is 31.4 Å². The first kappa shape index (κ1) is 26.2. The van der Waals surface area contributed by atoms with Gasteiger partial charge < -0.3 is 15.1 Å². The first-order chi connectivity index (χ1) is 17.8. The van der Waals surface area contributed by atoms with Crippen LogP contribution in [0, 0.1) is 5.92 Å². The number of carbonyl (C=O) groups excluding carboxylic acids is 1. The maximum absolute atomic E-state index is 13.3. The van der Waals surface area contributed by atoms with Crippen LogP contribution in [0.15, 0.2) is 23.4 Å². The lowest BCUT2D eigenvalue weighted by atomic mass is 9.96. The van der Waals surface area contributed by atoms with Gasteiger partial charge in [0.05, 0.1) is 28.9 Å². The monoisotopic (exact) mass is 546 g/mol. The lowest BCUT2D eigenvalue weighted by molar-refractivity contribution is -0.142. The van der Waals surface area contributed by atoms with E-state index in [0.717, 1.165) is 18.6 Å². The van der Waals surface area contributed by atoms with Crippen LogP contribution in [0.5, 0.6) is 0 Å². The van der Waals surface area contributed by atoms with E-state index in [9.17, 15) is 35.9 Å². The summed E-state index contributed by atoms with van der Waals surface area (Å²) < 4.78 is 78.2. The summed E-state index contributed by atoms with van der Waals surface area (Å²) in [6.45, 7) is 2.87. The van der Waals surface area contributed by atoms with Gasteiger partial charge in [-0.25, -0.2) is 15.1 Å². The highest BCUT2D eigenvalue weighted by Gasteiger charge is 2.49. The maximum atomic E-state index is 13.3. The second-order valence-electron chi connectivity index (χ2n) is 9.86. The zero-order valence-corrected chi connectivity index (χ0v) is 19.9. The van der Waals surface area contributed by atoms with Crippen molar-refractivity contribution >= 4 is 17.5 Å². The van der Waals surface area contributed by atoms with E-state index in [1.165, 1.54) is 0 Å². The first-order valence-corrected chi connectivity index (χ1v) is 11.9. The SMILES string of the molecule is O=C(C1CN(CC2(Nc3cn[nH]c(=O)c3C(F)(F)F)CC2)C1)N1CCN(c2ncc(C(F)(F)F)cn2)CC1. The van der Waals surface area contributed by atoms with Crippen LogP contribution in [0.4, 0.5) is 38.0 Å². The van der Waals surface area contributed by atoms with Gasteiger partial charge in [0.25, 0.3) is 5.56 Å². The molecule has 0 aromatic carbocycles. The third-order valence-electron chi connectivity index (χ3n) is 7.07. The second-order valence-corrected chi connectivity index (χ2v) is 9.86. The first-order valence-electron chi connectivity index (χ1n) is 11.9. The molecule has 2 aromatic rings. The van der Waals surface area contributed by atoms with Crippen LogP contribution in [0.3, 0.4) is 0 Å². The highest BCUT2D eigenvalue weighted by Crippen LogP contribution is 2.43. The molecule has 0 spiro atoms. The molecule has 1 amide bonds. The van der Waals surface area contributed by atoms with Crippen LogP contribution in [0.25, 0.3) is 0 Å². The Morgan fingerprint density at radius 3 is 2.18 bits per heavy atom. The van der Waals surface area contributed by atoms with E-state index in [1.807, 2.05) is 10.00 Å². The number of hydrogen-bond donors (Lipinski definition) is 2. The number of H-pyrrole nitrogens is 1. The summed E-state index contributed by atoms with van der Waals surface area (Å²) in [7, 11) is 0. The number of aromatic amines is 1. The Hall–Kier alpha value is -3.43. The van der Waals surface area contributed by atoms with Gasteiger partial charge in [0, 0.05) is 58.2 Å². The third kappa shape index (κ3) is 5.39. The number of amides is 1. The van der Waals surface area contributed by atoms with Crippen molar-refractivity contribution in [3.8, 4) is 0 Å². The van der Waals surface area contributed by atoms with Crippen molar-refractivity contribution in [3.05, 3.63) is 40.1 Å². The molecule has 2 aromatic heterocycles. The van der Waals surface area contributed by atoms with Crippen LogP contribution >= 0.6 is 0 Å². The summed E-state index contributed by atoms with van der Waals surface area (Å²) in [5.74, 6) is -0.108. The normalized spacial score (nSPS) is 20.3. The molecule has 0 unspecified atom stereocenters. The van der Waals surface area contributed by atoms with Crippen molar-refractivity contribution in [1.29, 1.82) is 0 Å². The van der Waals surface area contributed by atoms with Gasteiger partial charge in [-0.05, 0) is 12.8 Å². The molecule has 2 N–H and O–H groups in total. The smallest absolute Gasteiger partial charge is 0.376 e. The predicted octanol–water partition coefficient (Wildman–Crippen LogP) is 1.82. The van der Waals surface area contributed by atoms with E-state index in [4.69, 9.17) is 0 Å².